The Balaban J connectivity index is 1.21. The summed E-state index contributed by atoms with van der Waals surface area (Å²) in [7, 11) is 0. The van der Waals surface area contributed by atoms with E-state index in [0.717, 1.165) is 23.8 Å². The van der Waals surface area contributed by atoms with Crippen molar-refractivity contribution in [1.29, 1.82) is 0 Å². The second kappa shape index (κ2) is 10.3. The summed E-state index contributed by atoms with van der Waals surface area (Å²) >= 11 is 0. The Bertz CT molecular complexity index is 1770. The zero-order valence-corrected chi connectivity index (χ0v) is 23.2. The summed E-state index contributed by atoms with van der Waals surface area (Å²) in [6, 6.07) is 5.85. The average Bonchev–Trinajstić information content (AvgIpc) is 3.38. The lowest BCUT2D eigenvalue weighted by Gasteiger charge is -2.31. The summed E-state index contributed by atoms with van der Waals surface area (Å²) in [4.78, 5) is 19.5. The Morgan fingerprint density at radius 3 is 2.53 bits per heavy atom. The lowest BCUT2D eigenvalue weighted by molar-refractivity contribution is -0.159. The van der Waals surface area contributed by atoms with E-state index >= 15 is 13.2 Å². The summed E-state index contributed by atoms with van der Waals surface area (Å²) < 4.78 is 101. The molecule has 1 aliphatic carbocycles. The predicted octanol–water partition coefficient (Wildman–Crippen LogP) is 4.67. The Kier molecular flexibility index (Phi) is 6.66. The molecule has 2 fully saturated rings. The van der Waals surface area contributed by atoms with Crippen molar-refractivity contribution < 1.29 is 44.8 Å². The van der Waals surface area contributed by atoms with Crippen LogP contribution in [0, 0.1) is 5.82 Å². The van der Waals surface area contributed by atoms with Gasteiger partial charge in [-0.1, -0.05) is 34.5 Å². The topological polar surface area (TPSA) is 137 Å². The molecule has 1 unspecified atom stereocenters. The Labute approximate surface area is 249 Å². The number of halogens is 6. The van der Waals surface area contributed by atoms with Crippen LogP contribution in [0.15, 0.2) is 45.3 Å². The Morgan fingerprint density at radius 1 is 1.09 bits per heavy atom. The molecule has 2 N–H and O–H groups in total. The van der Waals surface area contributed by atoms with Crippen LogP contribution < -0.4 is 15.5 Å². The number of alkyl halides is 5. The van der Waals surface area contributed by atoms with Gasteiger partial charge in [-0.3, -0.25) is 4.79 Å². The van der Waals surface area contributed by atoms with Crippen molar-refractivity contribution >= 4 is 17.6 Å². The van der Waals surface area contributed by atoms with E-state index in [0.29, 0.717) is 31.3 Å². The van der Waals surface area contributed by atoms with Crippen LogP contribution in [0.5, 0.6) is 0 Å². The maximum atomic E-state index is 15.4. The fraction of sp³-hybridized carbons (Fsp3) is 0.393. The summed E-state index contributed by atoms with van der Waals surface area (Å²) in [6.45, 7) is 1.15. The molecule has 3 aliphatic rings. The Morgan fingerprint density at radius 2 is 1.84 bits per heavy atom. The molecule has 17 heteroatoms. The van der Waals surface area contributed by atoms with Crippen LogP contribution in [0.4, 0.5) is 38.0 Å². The van der Waals surface area contributed by atoms with Crippen LogP contribution >= 0.6 is 0 Å². The second-order valence-electron chi connectivity index (χ2n) is 11.2. The van der Waals surface area contributed by atoms with Gasteiger partial charge < -0.3 is 29.2 Å². The number of rotatable bonds is 5. The molecule has 0 radical (unpaired) electrons. The first kappa shape index (κ1) is 29.2. The monoisotopic (exact) mass is 635 g/mol. The van der Waals surface area contributed by atoms with Gasteiger partial charge in [0.15, 0.2) is 0 Å². The number of nitrogens with two attached hydrogens (primary N) is 1. The highest BCUT2D eigenvalue weighted by Crippen LogP contribution is 2.46. The molecule has 45 heavy (non-hydrogen) atoms. The Hall–Kier alpha value is -4.51. The third-order valence-corrected chi connectivity index (χ3v) is 8.02. The van der Waals surface area contributed by atoms with Crippen molar-refractivity contribution in [1.82, 2.24) is 20.3 Å². The average molecular weight is 636 g/mol. The number of carbonyl (C=O) groups excluding carboxylic acids is 1. The molecule has 1 spiro atoms. The van der Waals surface area contributed by atoms with Crippen LogP contribution in [0.1, 0.15) is 36.3 Å². The number of ether oxygens (including phenoxy) is 1. The maximum absolute atomic E-state index is 15.4. The van der Waals surface area contributed by atoms with Gasteiger partial charge in [0.25, 0.3) is 11.8 Å². The number of hydrogen-bond donors (Lipinski definition) is 1. The number of nitrogens with zero attached hydrogens (tertiary/aromatic N) is 6. The largest absolute Gasteiger partial charge is 0.471 e. The number of morpholine rings is 1. The molecule has 1 amide bonds. The smallest absolute Gasteiger partial charge is 0.403 e. The van der Waals surface area contributed by atoms with Gasteiger partial charge in [-0.2, -0.15) is 18.2 Å². The van der Waals surface area contributed by atoms with Crippen LogP contribution in [0.3, 0.4) is 0 Å². The predicted molar refractivity (Wildman–Crippen MR) is 142 cm³/mol. The second-order valence-corrected chi connectivity index (χ2v) is 11.2. The van der Waals surface area contributed by atoms with Crippen molar-refractivity contribution in [2.45, 2.75) is 49.5 Å². The summed E-state index contributed by atoms with van der Waals surface area (Å²) in [5, 5.41) is 11.3. The summed E-state index contributed by atoms with van der Waals surface area (Å²) in [5.74, 6) is -7.68. The minimum atomic E-state index is -4.82. The zero-order chi connectivity index (χ0) is 31.7. The van der Waals surface area contributed by atoms with Crippen LogP contribution in [0.2, 0.25) is 0 Å². The van der Waals surface area contributed by atoms with Gasteiger partial charge >= 0.3 is 18.1 Å². The van der Waals surface area contributed by atoms with Crippen LogP contribution in [0.25, 0.3) is 22.8 Å². The van der Waals surface area contributed by atoms with Gasteiger partial charge in [-0.05, 0) is 30.5 Å². The maximum Gasteiger partial charge on any atom is 0.471 e. The van der Waals surface area contributed by atoms with E-state index in [1.165, 1.54) is 24.3 Å². The van der Waals surface area contributed by atoms with Crippen molar-refractivity contribution in [2.75, 3.05) is 29.5 Å². The molecule has 1 atom stereocenters. The molecule has 2 aromatic carbocycles. The third-order valence-electron chi connectivity index (χ3n) is 8.02. The van der Waals surface area contributed by atoms with E-state index in [4.69, 9.17) is 14.9 Å². The number of amides is 1. The first-order chi connectivity index (χ1) is 21.3. The van der Waals surface area contributed by atoms with E-state index in [1.54, 1.807) is 0 Å². The lowest BCUT2D eigenvalue weighted by atomic mass is 9.99. The minimum absolute atomic E-state index is 0.123. The van der Waals surface area contributed by atoms with Crippen molar-refractivity contribution in [3.8, 4) is 22.8 Å². The van der Waals surface area contributed by atoms with E-state index < -0.39 is 47.7 Å². The van der Waals surface area contributed by atoms with Crippen molar-refractivity contribution in [2.24, 2.45) is 5.73 Å². The lowest BCUT2D eigenvalue weighted by Crippen LogP contribution is -2.44. The molecule has 236 valence electrons. The van der Waals surface area contributed by atoms with E-state index in [2.05, 4.69) is 24.9 Å². The molecular weight excluding hydrogens is 612 g/mol. The number of anilines is 2. The molecule has 4 aromatic rings. The molecule has 0 bridgehead atoms. The number of benzene rings is 2. The first-order valence-electron chi connectivity index (χ1n) is 13.8. The molecule has 1 saturated heterocycles. The van der Waals surface area contributed by atoms with Crippen molar-refractivity contribution in [3.05, 3.63) is 59.2 Å². The van der Waals surface area contributed by atoms with E-state index in [1.807, 2.05) is 4.90 Å². The van der Waals surface area contributed by atoms with Crippen LogP contribution in [-0.2, 0) is 28.2 Å². The highest BCUT2D eigenvalue weighted by molar-refractivity contribution is 5.99. The van der Waals surface area contributed by atoms with Gasteiger partial charge in [-0.25, -0.2) is 13.2 Å². The molecule has 2 aromatic heterocycles. The van der Waals surface area contributed by atoms with E-state index in [9.17, 15) is 18.0 Å². The first-order valence-corrected chi connectivity index (χ1v) is 13.8. The standard InChI is InChI=1S/C28H23F6N7O4/c29-18-10-17-20(9-16(18)22-37-38-25(44-22)40-7-8-43-26(13-40)5-6-26)41(23(42)19(35)11-27(17,30)31)12-14-1-3-15(4-2-14)21-36-24(45-39-21)28(32,33)34/h1-4,9-10,19H,5-8,11-13,35H2. The molecule has 11 nitrogen and oxygen atoms in total. The minimum Gasteiger partial charge on any atom is -0.403 e. The van der Waals surface area contributed by atoms with Gasteiger partial charge in [0.2, 0.25) is 11.7 Å². The molecule has 7 rings (SSSR count). The fourth-order valence-electron chi connectivity index (χ4n) is 5.50. The fourth-order valence-corrected chi connectivity index (χ4v) is 5.50. The van der Waals surface area contributed by atoms with Gasteiger partial charge in [0.1, 0.15) is 5.82 Å². The van der Waals surface area contributed by atoms with Gasteiger partial charge in [0.05, 0.1) is 42.6 Å². The van der Waals surface area contributed by atoms with Gasteiger partial charge in [-0.15, -0.1) is 5.10 Å². The van der Waals surface area contributed by atoms with Gasteiger partial charge in [0, 0.05) is 24.1 Å². The highest BCUT2D eigenvalue weighted by atomic mass is 19.4. The molecule has 4 heterocycles. The summed E-state index contributed by atoms with van der Waals surface area (Å²) in [6.07, 6.45) is -4.10. The summed E-state index contributed by atoms with van der Waals surface area (Å²) in [5.41, 5.74) is 4.82. The quantitative estimate of drug-likeness (QED) is 0.308. The number of fused-ring (bicyclic) bond motifs is 1. The normalized spacial score (nSPS) is 20.8. The number of carbonyl (C=O) groups is 1. The highest BCUT2D eigenvalue weighted by Gasteiger charge is 2.49. The zero-order valence-electron chi connectivity index (χ0n) is 23.2. The van der Waals surface area contributed by atoms with E-state index in [-0.39, 0.29) is 46.7 Å². The van der Waals surface area contributed by atoms with Crippen molar-refractivity contribution in [3.63, 3.8) is 0 Å². The number of hydrogen-bond acceptors (Lipinski definition) is 10. The molecule has 2 aliphatic heterocycles. The SMILES string of the molecule is NC1CC(F)(F)c2cc(F)c(-c3nnc(N4CCOC5(CC5)C4)o3)cc2N(Cc2ccc(-c3noc(C(F)(F)F)n3)cc2)C1=O. The number of aromatic nitrogens is 4. The molecular formula is C28H23F6N7O4. The third kappa shape index (κ3) is 5.39. The molecule has 1 saturated carbocycles. The van der Waals surface area contributed by atoms with Crippen LogP contribution in [-0.4, -0.2) is 57.6 Å².